The number of nitrogens with one attached hydrogen (secondary N) is 1. The van der Waals surface area contributed by atoms with Crippen LogP contribution in [0.4, 0.5) is 0 Å². The first kappa shape index (κ1) is 16.0. The Balaban J connectivity index is 1.92. The second kappa shape index (κ2) is 8.13. The molecule has 0 amide bonds. The molecule has 1 aromatic rings. The first-order chi connectivity index (χ1) is 9.69. The zero-order chi connectivity index (χ0) is 14.4. The van der Waals surface area contributed by atoms with Crippen molar-refractivity contribution < 1.29 is 4.74 Å². The monoisotopic (exact) mass is 340 g/mol. The molecule has 1 N–H and O–H groups in total. The topological polar surface area (TPSA) is 24.5 Å². The molecule has 0 spiro atoms. The molecule has 1 aliphatic rings. The van der Waals surface area contributed by atoms with Gasteiger partial charge in [-0.2, -0.15) is 0 Å². The van der Waals surface area contributed by atoms with E-state index in [9.17, 15) is 0 Å². The molecule has 1 heterocycles. The number of nitrogens with zero attached hydrogens (tertiary/aromatic N) is 1. The summed E-state index contributed by atoms with van der Waals surface area (Å²) >= 11 is 3.56. The quantitative estimate of drug-likeness (QED) is 0.860. The van der Waals surface area contributed by atoms with E-state index in [0.717, 1.165) is 43.7 Å². The highest BCUT2D eigenvalue weighted by Gasteiger charge is 2.18. The summed E-state index contributed by atoms with van der Waals surface area (Å²) in [5.41, 5.74) is 1.36. The van der Waals surface area contributed by atoms with E-state index in [2.05, 4.69) is 64.3 Å². The molecule has 0 radical (unpaired) electrons. The van der Waals surface area contributed by atoms with Crippen LogP contribution in [-0.4, -0.2) is 43.8 Å². The van der Waals surface area contributed by atoms with E-state index < -0.39 is 0 Å². The van der Waals surface area contributed by atoms with Crippen molar-refractivity contribution in [2.45, 2.75) is 32.4 Å². The summed E-state index contributed by atoms with van der Waals surface area (Å²) in [5.74, 6) is 0. The van der Waals surface area contributed by atoms with Crippen LogP contribution < -0.4 is 5.32 Å². The molecule has 0 saturated carbocycles. The normalized spacial score (nSPS) is 21.9. The highest BCUT2D eigenvalue weighted by atomic mass is 79.9. The lowest BCUT2D eigenvalue weighted by Gasteiger charge is -2.32. The number of benzene rings is 1. The molecule has 2 rings (SSSR count). The standard InChI is InChI=1S/C16H25BrN2O/c1-3-18-16(14-5-4-6-15(17)11-14)7-8-19-9-10-20-13(2)12-19/h4-6,11,13,16,18H,3,7-10,12H2,1-2H3. The number of hydrogen-bond acceptors (Lipinski definition) is 3. The largest absolute Gasteiger partial charge is 0.376 e. The number of morpholine rings is 1. The molecule has 2 atom stereocenters. The minimum atomic E-state index is 0.368. The highest BCUT2D eigenvalue weighted by molar-refractivity contribution is 9.10. The van der Waals surface area contributed by atoms with Crippen molar-refractivity contribution in [3.05, 3.63) is 34.3 Å². The van der Waals surface area contributed by atoms with E-state index in [1.807, 2.05) is 0 Å². The third kappa shape index (κ3) is 4.85. The fourth-order valence-electron chi connectivity index (χ4n) is 2.76. The number of halogens is 1. The van der Waals surface area contributed by atoms with Gasteiger partial charge in [0.25, 0.3) is 0 Å². The van der Waals surface area contributed by atoms with Gasteiger partial charge in [0, 0.05) is 30.1 Å². The molecule has 0 aromatic heterocycles. The van der Waals surface area contributed by atoms with Crippen molar-refractivity contribution >= 4 is 15.9 Å². The fraction of sp³-hybridized carbons (Fsp3) is 0.625. The Bertz CT molecular complexity index is 413. The van der Waals surface area contributed by atoms with E-state index >= 15 is 0 Å². The Morgan fingerprint density at radius 1 is 1.50 bits per heavy atom. The zero-order valence-corrected chi connectivity index (χ0v) is 14.0. The van der Waals surface area contributed by atoms with Gasteiger partial charge in [-0.15, -0.1) is 0 Å². The van der Waals surface area contributed by atoms with E-state index in [1.54, 1.807) is 0 Å². The summed E-state index contributed by atoms with van der Waals surface area (Å²) in [5, 5.41) is 3.60. The van der Waals surface area contributed by atoms with Gasteiger partial charge in [0.1, 0.15) is 0 Å². The molecule has 3 nitrogen and oxygen atoms in total. The second-order valence-corrected chi connectivity index (χ2v) is 6.35. The van der Waals surface area contributed by atoms with Crippen LogP contribution in [0.5, 0.6) is 0 Å². The van der Waals surface area contributed by atoms with Crippen LogP contribution in [0.25, 0.3) is 0 Å². The van der Waals surface area contributed by atoms with E-state index in [4.69, 9.17) is 4.74 Å². The van der Waals surface area contributed by atoms with Crippen molar-refractivity contribution in [1.82, 2.24) is 10.2 Å². The van der Waals surface area contributed by atoms with Gasteiger partial charge in [-0.3, -0.25) is 4.90 Å². The molecule has 2 unspecified atom stereocenters. The van der Waals surface area contributed by atoms with E-state index in [1.165, 1.54) is 5.56 Å². The molecule has 1 saturated heterocycles. The molecule has 0 bridgehead atoms. The molecule has 0 aliphatic carbocycles. The van der Waals surface area contributed by atoms with Gasteiger partial charge >= 0.3 is 0 Å². The van der Waals surface area contributed by atoms with Gasteiger partial charge in [0.2, 0.25) is 0 Å². The van der Waals surface area contributed by atoms with Crippen molar-refractivity contribution in [3.8, 4) is 0 Å². The van der Waals surface area contributed by atoms with Crippen LogP contribution in [0.2, 0.25) is 0 Å². The number of hydrogen-bond donors (Lipinski definition) is 1. The lowest BCUT2D eigenvalue weighted by molar-refractivity contribution is -0.0192. The van der Waals surface area contributed by atoms with Crippen LogP contribution >= 0.6 is 15.9 Å². The SMILES string of the molecule is CCNC(CCN1CCOC(C)C1)c1cccc(Br)c1. The van der Waals surface area contributed by atoms with Crippen LogP contribution in [0, 0.1) is 0 Å². The molecule has 4 heteroatoms. The minimum absolute atomic E-state index is 0.368. The highest BCUT2D eigenvalue weighted by Crippen LogP contribution is 2.21. The molecule has 20 heavy (non-hydrogen) atoms. The fourth-order valence-corrected chi connectivity index (χ4v) is 3.18. The third-order valence-electron chi connectivity index (χ3n) is 3.76. The Hall–Kier alpha value is -0.420. The molecule has 1 fully saturated rings. The van der Waals surface area contributed by atoms with E-state index in [-0.39, 0.29) is 0 Å². The van der Waals surface area contributed by atoms with Crippen molar-refractivity contribution in [2.24, 2.45) is 0 Å². The summed E-state index contributed by atoms with van der Waals surface area (Å²) < 4.78 is 6.75. The maximum atomic E-state index is 5.60. The van der Waals surface area contributed by atoms with Crippen molar-refractivity contribution in [3.63, 3.8) is 0 Å². The van der Waals surface area contributed by atoms with Crippen molar-refractivity contribution in [2.75, 3.05) is 32.8 Å². The van der Waals surface area contributed by atoms with Crippen LogP contribution in [-0.2, 0) is 4.74 Å². The minimum Gasteiger partial charge on any atom is -0.376 e. The second-order valence-electron chi connectivity index (χ2n) is 5.44. The molecular weight excluding hydrogens is 316 g/mol. The van der Waals surface area contributed by atoms with Gasteiger partial charge in [0.15, 0.2) is 0 Å². The van der Waals surface area contributed by atoms with Gasteiger partial charge in [-0.1, -0.05) is 35.0 Å². The maximum Gasteiger partial charge on any atom is 0.0674 e. The first-order valence-electron chi connectivity index (χ1n) is 7.52. The van der Waals surface area contributed by atoms with Gasteiger partial charge in [-0.25, -0.2) is 0 Å². The number of rotatable bonds is 6. The Labute approximate surface area is 130 Å². The average Bonchev–Trinajstić information content (AvgIpc) is 2.43. The predicted octanol–water partition coefficient (Wildman–Crippen LogP) is 3.21. The summed E-state index contributed by atoms with van der Waals surface area (Å²) in [7, 11) is 0. The summed E-state index contributed by atoms with van der Waals surface area (Å²) in [6.07, 6.45) is 1.50. The summed E-state index contributed by atoms with van der Waals surface area (Å²) in [4.78, 5) is 2.51. The van der Waals surface area contributed by atoms with Gasteiger partial charge in [0.05, 0.1) is 12.7 Å². The summed E-state index contributed by atoms with van der Waals surface area (Å²) in [6, 6.07) is 9.04. The number of ether oxygens (including phenoxy) is 1. The average molecular weight is 341 g/mol. The van der Waals surface area contributed by atoms with Crippen LogP contribution in [0.3, 0.4) is 0 Å². The first-order valence-corrected chi connectivity index (χ1v) is 8.31. The Kier molecular flexibility index (Phi) is 6.49. The smallest absolute Gasteiger partial charge is 0.0674 e. The molecule has 1 aliphatic heterocycles. The Morgan fingerprint density at radius 3 is 3.05 bits per heavy atom. The van der Waals surface area contributed by atoms with Crippen LogP contribution in [0.1, 0.15) is 31.9 Å². The van der Waals surface area contributed by atoms with Crippen molar-refractivity contribution in [1.29, 1.82) is 0 Å². The van der Waals surface area contributed by atoms with Crippen LogP contribution in [0.15, 0.2) is 28.7 Å². The predicted molar refractivity (Wildman–Crippen MR) is 87.0 cm³/mol. The lowest BCUT2D eigenvalue weighted by atomic mass is 10.0. The zero-order valence-electron chi connectivity index (χ0n) is 12.4. The lowest BCUT2D eigenvalue weighted by Crippen LogP contribution is -2.42. The molecule has 1 aromatic carbocycles. The Morgan fingerprint density at radius 2 is 2.35 bits per heavy atom. The van der Waals surface area contributed by atoms with Gasteiger partial charge in [-0.05, 0) is 37.6 Å². The third-order valence-corrected chi connectivity index (χ3v) is 4.25. The molecule has 112 valence electrons. The summed E-state index contributed by atoms with van der Waals surface area (Å²) in [6.45, 7) is 9.42. The molecular formula is C16H25BrN2O. The maximum absolute atomic E-state index is 5.60. The van der Waals surface area contributed by atoms with E-state index in [0.29, 0.717) is 12.1 Å². The van der Waals surface area contributed by atoms with Gasteiger partial charge < -0.3 is 10.1 Å².